The number of carbonyl (C=O) groups is 3. The SMILES string of the molecule is C=CCn1c(=O)n(CC=C)c(=O)n(CC(=O)Nc2sc(C(=O)NC)c(C)c2C(=O)OCC)c1=O. The van der Waals surface area contributed by atoms with Gasteiger partial charge in [-0.2, -0.15) is 0 Å². The number of allylic oxidation sites excluding steroid dienone is 2. The molecule has 0 bridgehead atoms. The third-order valence-corrected chi connectivity index (χ3v) is 5.83. The van der Waals surface area contributed by atoms with E-state index < -0.39 is 41.4 Å². The fourth-order valence-corrected chi connectivity index (χ4v) is 4.24. The third kappa shape index (κ3) is 5.14. The Balaban J connectivity index is 2.53. The van der Waals surface area contributed by atoms with Crippen molar-refractivity contribution in [2.45, 2.75) is 33.5 Å². The maximum absolute atomic E-state index is 12.8. The van der Waals surface area contributed by atoms with E-state index in [4.69, 9.17) is 4.74 Å². The average molecular weight is 492 g/mol. The molecule has 2 aromatic rings. The summed E-state index contributed by atoms with van der Waals surface area (Å²) in [6.45, 7) is 9.08. The summed E-state index contributed by atoms with van der Waals surface area (Å²) in [4.78, 5) is 75.5. The van der Waals surface area contributed by atoms with E-state index in [2.05, 4.69) is 23.8 Å². The minimum absolute atomic E-state index is 0.00755. The van der Waals surface area contributed by atoms with E-state index in [9.17, 15) is 28.8 Å². The largest absolute Gasteiger partial charge is 0.462 e. The zero-order valence-corrected chi connectivity index (χ0v) is 19.8. The van der Waals surface area contributed by atoms with E-state index >= 15 is 0 Å². The molecular formula is C21H25N5O7S. The van der Waals surface area contributed by atoms with Crippen molar-refractivity contribution in [1.82, 2.24) is 19.0 Å². The van der Waals surface area contributed by atoms with E-state index in [0.29, 0.717) is 10.1 Å². The van der Waals surface area contributed by atoms with Gasteiger partial charge in [-0.25, -0.2) is 32.9 Å². The predicted molar refractivity (Wildman–Crippen MR) is 127 cm³/mol. The van der Waals surface area contributed by atoms with Crippen LogP contribution in [0, 0.1) is 6.92 Å². The van der Waals surface area contributed by atoms with Gasteiger partial charge in [0.15, 0.2) is 0 Å². The van der Waals surface area contributed by atoms with Gasteiger partial charge in [0, 0.05) is 7.05 Å². The first kappa shape index (κ1) is 26.3. The number of nitrogens with one attached hydrogen (secondary N) is 2. The molecule has 0 saturated heterocycles. The smallest absolute Gasteiger partial charge is 0.341 e. The Hall–Kier alpha value is -4.00. The van der Waals surface area contributed by atoms with Crippen LogP contribution in [0.15, 0.2) is 39.7 Å². The van der Waals surface area contributed by atoms with Crippen molar-refractivity contribution < 1.29 is 19.1 Å². The standard InChI is InChI=1S/C21H25N5O7S/c1-6-9-24-19(30)25(10-7-2)21(32)26(20(24)31)11-13(27)23-17-14(18(29)33-8-3)12(4)15(34-17)16(28)22-5/h6-7H,1-2,8-11H2,3-5H3,(H,22,28)(H,23,27). The van der Waals surface area contributed by atoms with Gasteiger partial charge in [-0.15, -0.1) is 24.5 Å². The van der Waals surface area contributed by atoms with Gasteiger partial charge in [-0.1, -0.05) is 12.2 Å². The van der Waals surface area contributed by atoms with Gasteiger partial charge in [0.2, 0.25) is 5.91 Å². The minimum Gasteiger partial charge on any atom is -0.462 e. The molecule has 0 saturated carbocycles. The van der Waals surface area contributed by atoms with E-state index in [1.807, 2.05) is 0 Å². The van der Waals surface area contributed by atoms with Crippen molar-refractivity contribution in [2.24, 2.45) is 0 Å². The van der Waals surface area contributed by atoms with E-state index in [1.165, 1.54) is 26.1 Å². The fraction of sp³-hybridized carbons (Fsp3) is 0.333. The lowest BCUT2D eigenvalue weighted by Gasteiger charge is -2.12. The molecule has 0 aliphatic carbocycles. The van der Waals surface area contributed by atoms with Crippen molar-refractivity contribution in [3.63, 3.8) is 0 Å². The van der Waals surface area contributed by atoms with Crippen molar-refractivity contribution in [3.05, 3.63) is 72.8 Å². The van der Waals surface area contributed by atoms with Gasteiger partial charge in [-0.3, -0.25) is 9.59 Å². The number of amides is 2. The summed E-state index contributed by atoms with van der Waals surface area (Å²) in [7, 11) is 1.42. The summed E-state index contributed by atoms with van der Waals surface area (Å²) in [5.74, 6) is -2.04. The molecule has 182 valence electrons. The minimum atomic E-state index is -0.996. The molecule has 0 aliphatic rings. The lowest BCUT2D eigenvalue weighted by molar-refractivity contribution is -0.116. The van der Waals surface area contributed by atoms with Gasteiger partial charge in [0.25, 0.3) is 5.91 Å². The summed E-state index contributed by atoms with van der Waals surface area (Å²) in [6.07, 6.45) is 2.60. The van der Waals surface area contributed by atoms with E-state index in [0.717, 1.165) is 20.5 Å². The number of nitrogens with zero attached hydrogens (tertiary/aromatic N) is 3. The Bertz CT molecular complexity index is 1280. The van der Waals surface area contributed by atoms with Gasteiger partial charge < -0.3 is 15.4 Å². The van der Waals surface area contributed by atoms with Gasteiger partial charge in [0.1, 0.15) is 11.5 Å². The second-order valence-electron chi connectivity index (χ2n) is 6.84. The highest BCUT2D eigenvalue weighted by atomic mass is 32.1. The predicted octanol–water partition coefficient (Wildman–Crippen LogP) is 0.0886. The number of rotatable bonds is 10. The zero-order chi connectivity index (χ0) is 25.6. The molecule has 13 heteroatoms. The molecule has 0 aromatic carbocycles. The van der Waals surface area contributed by atoms with E-state index in [-0.39, 0.29) is 35.1 Å². The first-order valence-corrected chi connectivity index (χ1v) is 10.9. The van der Waals surface area contributed by atoms with Gasteiger partial charge >= 0.3 is 23.0 Å². The number of hydrogen-bond donors (Lipinski definition) is 2. The quantitative estimate of drug-likeness (QED) is 0.353. The van der Waals surface area contributed by atoms with Gasteiger partial charge in [0.05, 0.1) is 30.1 Å². The molecule has 0 fully saturated rings. The average Bonchev–Trinajstić information content (AvgIpc) is 3.12. The van der Waals surface area contributed by atoms with Crippen LogP contribution in [-0.2, 0) is 29.2 Å². The van der Waals surface area contributed by atoms with Crippen LogP contribution in [0.3, 0.4) is 0 Å². The second kappa shape index (κ2) is 11.2. The van der Waals surface area contributed by atoms with Gasteiger partial charge in [-0.05, 0) is 19.4 Å². The number of aromatic nitrogens is 3. The topological polar surface area (TPSA) is 150 Å². The second-order valence-corrected chi connectivity index (χ2v) is 7.86. The van der Waals surface area contributed by atoms with Crippen LogP contribution < -0.4 is 27.7 Å². The molecular weight excluding hydrogens is 466 g/mol. The Morgan fingerprint density at radius 2 is 1.53 bits per heavy atom. The van der Waals surface area contributed by atoms with E-state index in [1.54, 1.807) is 6.92 Å². The van der Waals surface area contributed by atoms with Crippen molar-refractivity contribution >= 4 is 34.1 Å². The molecule has 2 aromatic heterocycles. The highest BCUT2D eigenvalue weighted by molar-refractivity contribution is 7.18. The Morgan fingerprint density at radius 1 is 1.00 bits per heavy atom. The first-order valence-electron chi connectivity index (χ1n) is 10.1. The van der Waals surface area contributed by atoms with Crippen LogP contribution in [0.4, 0.5) is 5.00 Å². The Morgan fingerprint density at radius 3 is 2.00 bits per heavy atom. The molecule has 0 spiro atoms. The molecule has 0 atom stereocenters. The van der Waals surface area contributed by atoms with Crippen molar-refractivity contribution in [2.75, 3.05) is 19.0 Å². The highest BCUT2D eigenvalue weighted by Gasteiger charge is 2.27. The summed E-state index contributed by atoms with van der Waals surface area (Å²) < 4.78 is 7.14. The number of hydrogen-bond acceptors (Lipinski definition) is 8. The Labute approximate surface area is 197 Å². The molecule has 0 unspecified atom stereocenters. The monoisotopic (exact) mass is 491 g/mol. The maximum Gasteiger partial charge on any atom is 0.341 e. The molecule has 2 amide bonds. The third-order valence-electron chi connectivity index (χ3n) is 4.62. The zero-order valence-electron chi connectivity index (χ0n) is 19.0. The number of anilines is 1. The first-order chi connectivity index (χ1) is 16.1. The lowest BCUT2D eigenvalue weighted by Crippen LogP contribution is -2.55. The van der Waals surface area contributed by atoms with Crippen LogP contribution >= 0.6 is 11.3 Å². The normalized spacial score (nSPS) is 10.4. The lowest BCUT2D eigenvalue weighted by atomic mass is 10.1. The number of thiophene rings is 1. The van der Waals surface area contributed by atoms with Crippen molar-refractivity contribution in [1.29, 1.82) is 0 Å². The molecule has 34 heavy (non-hydrogen) atoms. The van der Waals surface area contributed by atoms with Crippen molar-refractivity contribution in [3.8, 4) is 0 Å². The Kier molecular flexibility index (Phi) is 8.67. The van der Waals surface area contributed by atoms with Crippen LogP contribution in [0.5, 0.6) is 0 Å². The molecule has 2 heterocycles. The fourth-order valence-electron chi connectivity index (χ4n) is 3.08. The molecule has 0 radical (unpaired) electrons. The summed E-state index contributed by atoms with van der Waals surface area (Å²) in [6, 6.07) is 0. The maximum atomic E-state index is 12.8. The molecule has 0 aliphatic heterocycles. The summed E-state index contributed by atoms with van der Waals surface area (Å²) in [5, 5.41) is 4.95. The molecule has 2 rings (SSSR count). The van der Waals surface area contributed by atoms with Crippen LogP contribution in [-0.4, -0.2) is 45.1 Å². The summed E-state index contributed by atoms with van der Waals surface area (Å²) in [5.41, 5.74) is -2.55. The number of esters is 1. The van der Waals surface area contributed by atoms with Crippen LogP contribution in [0.25, 0.3) is 0 Å². The molecule has 12 nitrogen and oxygen atoms in total. The summed E-state index contributed by atoms with van der Waals surface area (Å²) >= 11 is 0.848. The number of carbonyl (C=O) groups excluding carboxylic acids is 3. The molecule has 2 N–H and O–H groups in total. The number of ether oxygens (including phenoxy) is 1. The van der Waals surface area contributed by atoms with Crippen LogP contribution in [0.1, 0.15) is 32.5 Å². The highest BCUT2D eigenvalue weighted by Crippen LogP contribution is 2.33. The van der Waals surface area contributed by atoms with Crippen LogP contribution in [0.2, 0.25) is 0 Å².